The Morgan fingerprint density at radius 3 is 2.43 bits per heavy atom. The number of benzene rings is 1. The van der Waals surface area contributed by atoms with Crippen LogP contribution in [0.25, 0.3) is 11.0 Å². The monoisotopic (exact) mass is 415 g/mol. The van der Waals surface area contributed by atoms with Gasteiger partial charge in [0.25, 0.3) is 5.91 Å². The molecule has 1 aliphatic carbocycles. The number of fused-ring (bicyclic) bond motifs is 2. The maximum Gasteiger partial charge on any atom is 0.409 e. The number of rotatable bonds is 3. The number of likely N-dealkylation sites (tertiary alicyclic amines) is 2. The van der Waals surface area contributed by atoms with Gasteiger partial charge in [-0.1, -0.05) is 19.3 Å². The molecule has 2 saturated heterocycles. The van der Waals surface area contributed by atoms with Crippen molar-refractivity contribution in [1.29, 1.82) is 0 Å². The summed E-state index contributed by atoms with van der Waals surface area (Å²) in [7, 11) is 0. The first-order valence-electron chi connectivity index (χ1n) is 10.7. The summed E-state index contributed by atoms with van der Waals surface area (Å²) in [6.07, 6.45) is 3.29. The van der Waals surface area contributed by atoms with Crippen molar-refractivity contribution in [3.63, 3.8) is 0 Å². The number of carbonyl (C=O) groups excluding carboxylic acids is 2. The van der Waals surface area contributed by atoms with Crippen LogP contribution in [0.15, 0.2) is 18.2 Å². The summed E-state index contributed by atoms with van der Waals surface area (Å²) < 4.78 is 20.0. The zero-order valence-electron chi connectivity index (χ0n) is 16.8. The molecule has 2 amide bonds. The number of H-pyrrole nitrogens is 1. The van der Waals surface area contributed by atoms with Crippen LogP contribution < -0.4 is 0 Å². The number of alkyl halides is 1. The van der Waals surface area contributed by atoms with Gasteiger partial charge >= 0.3 is 6.09 Å². The van der Waals surface area contributed by atoms with E-state index in [1.165, 1.54) is 0 Å². The van der Waals surface area contributed by atoms with Gasteiger partial charge in [-0.2, -0.15) is 15.4 Å². The smallest absolute Gasteiger partial charge is 0.409 e. The Hall–Kier alpha value is -2.71. The molecule has 1 saturated carbocycles. The molecule has 0 bridgehead atoms. The van der Waals surface area contributed by atoms with Crippen molar-refractivity contribution in [2.45, 2.75) is 37.8 Å². The molecule has 9 heteroatoms. The Labute approximate surface area is 173 Å². The number of amides is 2. The molecule has 2 unspecified atom stereocenters. The Kier molecular flexibility index (Phi) is 4.83. The van der Waals surface area contributed by atoms with Crippen molar-refractivity contribution in [1.82, 2.24) is 25.2 Å². The normalized spacial score (nSPS) is 25.5. The van der Waals surface area contributed by atoms with E-state index in [1.807, 2.05) is 4.90 Å². The highest BCUT2D eigenvalue weighted by molar-refractivity contribution is 5.97. The number of hydrogen-bond acceptors (Lipinski definition) is 5. The van der Waals surface area contributed by atoms with Crippen LogP contribution in [0.4, 0.5) is 9.18 Å². The molecule has 1 aromatic heterocycles. The van der Waals surface area contributed by atoms with Crippen LogP contribution >= 0.6 is 0 Å². The lowest BCUT2D eigenvalue weighted by atomic mass is 9.87. The second kappa shape index (κ2) is 7.52. The fourth-order valence-electron chi connectivity index (χ4n) is 5.08. The third-order valence-corrected chi connectivity index (χ3v) is 6.80. The fraction of sp³-hybridized carbons (Fsp3) is 0.619. The average molecular weight is 415 g/mol. The topological polar surface area (TPSA) is 91.4 Å². The lowest BCUT2D eigenvalue weighted by Gasteiger charge is -2.29. The Morgan fingerprint density at radius 2 is 1.70 bits per heavy atom. The first kappa shape index (κ1) is 19.3. The molecule has 5 rings (SSSR count). The van der Waals surface area contributed by atoms with Crippen LogP contribution in [0.5, 0.6) is 0 Å². The van der Waals surface area contributed by atoms with E-state index in [9.17, 15) is 14.0 Å². The second-order valence-corrected chi connectivity index (χ2v) is 8.93. The van der Waals surface area contributed by atoms with Gasteiger partial charge in [-0.05, 0) is 31.0 Å². The molecule has 30 heavy (non-hydrogen) atoms. The minimum absolute atomic E-state index is 0.0277. The summed E-state index contributed by atoms with van der Waals surface area (Å²) in [6, 6.07) is 5.30. The number of ether oxygens (including phenoxy) is 1. The molecule has 2 aromatic rings. The molecule has 8 nitrogen and oxygen atoms in total. The number of halogens is 1. The molecule has 1 N–H and O–H groups in total. The summed E-state index contributed by atoms with van der Waals surface area (Å²) in [5, 5.41) is 10.6. The highest BCUT2D eigenvalue weighted by atomic mass is 19.1. The third kappa shape index (κ3) is 3.61. The van der Waals surface area contributed by atoms with E-state index in [2.05, 4.69) is 15.4 Å². The largest absolute Gasteiger partial charge is 0.446 e. The number of carbonyl (C=O) groups is 2. The van der Waals surface area contributed by atoms with E-state index in [0.717, 1.165) is 24.8 Å². The quantitative estimate of drug-likeness (QED) is 0.832. The van der Waals surface area contributed by atoms with E-state index in [-0.39, 0.29) is 24.3 Å². The van der Waals surface area contributed by atoms with Crippen LogP contribution in [0.3, 0.4) is 0 Å². The van der Waals surface area contributed by atoms with Crippen molar-refractivity contribution >= 4 is 23.0 Å². The Balaban J connectivity index is 1.15. The minimum atomic E-state index is -1.36. The molecule has 3 fully saturated rings. The average Bonchev–Trinajstić information content (AvgIpc) is 3.46. The van der Waals surface area contributed by atoms with Gasteiger partial charge in [0, 0.05) is 43.6 Å². The van der Waals surface area contributed by atoms with Gasteiger partial charge < -0.3 is 14.5 Å². The second-order valence-electron chi connectivity index (χ2n) is 8.93. The maximum absolute atomic E-state index is 14.7. The lowest BCUT2D eigenvalue weighted by Crippen LogP contribution is -2.39. The lowest BCUT2D eigenvalue weighted by molar-refractivity contribution is 0.0103. The first-order chi connectivity index (χ1) is 14.5. The predicted molar refractivity (Wildman–Crippen MR) is 107 cm³/mol. The van der Waals surface area contributed by atoms with Gasteiger partial charge in [-0.25, -0.2) is 9.18 Å². The van der Waals surface area contributed by atoms with Gasteiger partial charge in [0.15, 0.2) is 0 Å². The van der Waals surface area contributed by atoms with Gasteiger partial charge in [0.1, 0.15) is 23.3 Å². The zero-order valence-corrected chi connectivity index (χ0v) is 16.8. The summed E-state index contributed by atoms with van der Waals surface area (Å²) in [5.74, 6) is 0.428. The number of aromatic nitrogens is 3. The Bertz CT molecular complexity index is 943. The molecule has 3 aliphatic rings. The fourth-order valence-corrected chi connectivity index (χ4v) is 5.08. The highest BCUT2D eigenvalue weighted by Gasteiger charge is 2.44. The van der Waals surface area contributed by atoms with Crippen molar-refractivity contribution in [3.8, 4) is 0 Å². The Morgan fingerprint density at radius 1 is 1.03 bits per heavy atom. The van der Waals surface area contributed by atoms with Gasteiger partial charge in [-0.15, -0.1) is 0 Å². The predicted octanol–water partition coefficient (Wildman–Crippen LogP) is 2.77. The molecular formula is C21H26FN5O3. The molecule has 3 heterocycles. The number of nitrogens with one attached hydrogen (secondary N) is 1. The van der Waals surface area contributed by atoms with E-state index < -0.39 is 11.8 Å². The molecule has 0 spiro atoms. The van der Waals surface area contributed by atoms with Crippen molar-refractivity contribution < 1.29 is 18.7 Å². The van der Waals surface area contributed by atoms with Crippen LogP contribution in [0, 0.1) is 11.8 Å². The highest BCUT2D eigenvalue weighted by Crippen LogP contribution is 2.34. The summed E-state index contributed by atoms with van der Waals surface area (Å²) in [6.45, 7) is 2.17. The summed E-state index contributed by atoms with van der Waals surface area (Å²) >= 11 is 0. The number of aromatic amines is 1. The van der Waals surface area contributed by atoms with Crippen molar-refractivity contribution in [2.75, 3.05) is 32.8 Å². The molecular weight excluding hydrogens is 389 g/mol. The van der Waals surface area contributed by atoms with E-state index in [4.69, 9.17) is 4.74 Å². The van der Waals surface area contributed by atoms with Gasteiger partial charge in [-0.3, -0.25) is 4.79 Å². The van der Waals surface area contributed by atoms with Gasteiger partial charge in [0.05, 0.1) is 0 Å². The van der Waals surface area contributed by atoms with Crippen molar-refractivity contribution in [2.24, 2.45) is 11.8 Å². The van der Waals surface area contributed by atoms with Crippen molar-refractivity contribution in [3.05, 3.63) is 23.8 Å². The van der Waals surface area contributed by atoms with Crippen LogP contribution in [0.2, 0.25) is 0 Å². The molecule has 2 atom stereocenters. The van der Waals surface area contributed by atoms with Crippen LogP contribution in [-0.2, 0) is 4.74 Å². The SMILES string of the molecule is O=C(OCC1(F)CCCCC1)N1CC2CN(C(=O)c3ccc4n[nH]nc4c3)CC2C1. The molecule has 160 valence electrons. The van der Waals surface area contributed by atoms with Crippen LogP contribution in [-0.4, -0.2) is 75.7 Å². The van der Waals surface area contributed by atoms with Gasteiger partial charge in [0.2, 0.25) is 0 Å². The number of hydrogen-bond donors (Lipinski definition) is 1. The van der Waals surface area contributed by atoms with E-state index in [1.54, 1.807) is 23.1 Å². The standard InChI is InChI=1S/C21H26FN5O3/c22-21(6-2-1-3-7-21)13-30-20(29)27-11-15-9-26(10-16(15)12-27)19(28)14-4-5-17-18(8-14)24-25-23-17/h4-5,8,15-16H,1-3,6-7,9-13H2,(H,23,24,25). The molecule has 2 aliphatic heterocycles. The van der Waals surface area contributed by atoms with E-state index in [0.29, 0.717) is 50.1 Å². The minimum Gasteiger partial charge on any atom is -0.446 e. The summed E-state index contributed by atoms with van der Waals surface area (Å²) in [5.41, 5.74) is 0.617. The third-order valence-electron chi connectivity index (χ3n) is 6.80. The van der Waals surface area contributed by atoms with E-state index >= 15 is 0 Å². The number of nitrogens with zero attached hydrogens (tertiary/aromatic N) is 4. The molecule has 1 aromatic carbocycles. The zero-order chi connectivity index (χ0) is 20.7. The molecule has 0 radical (unpaired) electrons. The maximum atomic E-state index is 14.7. The summed E-state index contributed by atoms with van der Waals surface area (Å²) in [4.78, 5) is 28.8. The first-order valence-corrected chi connectivity index (χ1v) is 10.7. The van der Waals surface area contributed by atoms with Crippen LogP contribution in [0.1, 0.15) is 42.5 Å².